The van der Waals surface area contributed by atoms with Gasteiger partial charge in [0.1, 0.15) is 0 Å². The number of aromatic nitrogens is 2. The summed E-state index contributed by atoms with van der Waals surface area (Å²) in [6, 6.07) is 12.3. The molecule has 0 aliphatic heterocycles. The van der Waals surface area contributed by atoms with Crippen LogP contribution in [0.4, 0.5) is 0 Å². The van der Waals surface area contributed by atoms with E-state index in [1.165, 1.54) is 0 Å². The number of nitrogens with one attached hydrogen (secondary N) is 1. The molecule has 0 spiro atoms. The van der Waals surface area contributed by atoms with Crippen LogP contribution in [0.15, 0.2) is 55.0 Å². The van der Waals surface area contributed by atoms with E-state index in [0.29, 0.717) is 6.54 Å². The zero-order valence-electron chi connectivity index (χ0n) is 14.7. The third-order valence-corrected chi connectivity index (χ3v) is 6.25. The molecule has 5 nitrogen and oxygen atoms in total. The topological polar surface area (TPSA) is 64.0 Å². The van der Waals surface area contributed by atoms with Crippen LogP contribution in [0.5, 0.6) is 0 Å². The Hall–Kier alpha value is -2.18. The van der Waals surface area contributed by atoms with Gasteiger partial charge in [0.05, 0.1) is 10.8 Å². The molecule has 2 heterocycles. The summed E-state index contributed by atoms with van der Waals surface area (Å²) in [7, 11) is -3.23. The maximum atomic E-state index is 11.9. The van der Waals surface area contributed by atoms with Gasteiger partial charge in [-0.05, 0) is 49.6 Å². The third kappa shape index (κ3) is 3.75. The minimum Gasteiger partial charge on any atom is -0.316 e. The van der Waals surface area contributed by atoms with Crippen LogP contribution in [0, 0.1) is 0 Å². The summed E-state index contributed by atoms with van der Waals surface area (Å²) in [4.78, 5) is 4.14. The first-order valence-corrected chi connectivity index (χ1v) is 9.93. The second-order valence-electron chi connectivity index (χ2n) is 6.56. The van der Waals surface area contributed by atoms with Crippen molar-refractivity contribution < 1.29 is 8.42 Å². The van der Waals surface area contributed by atoms with Crippen LogP contribution < -0.4 is 4.72 Å². The van der Waals surface area contributed by atoms with Gasteiger partial charge in [0.15, 0.2) is 0 Å². The highest BCUT2D eigenvalue weighted by Gasteiger charge is 2.17. The fraction of sp³-hybridized carbons (Fsp3) is 0.316. The van der Waals surface area contributed by atoms with E-state index in [-0.39, 0.29) is 5.92 Å². The quantitative estimate of drug-likeness (QED) is 0.735. The summed E-state index contributed by atoms with van der Waals surface area (Å²) in [5.41, 5.74) is 3.29. The predicted molar refractivity (Wildman–Crippen MR) is 102 cm³/mol. The molecule has 0 saturated heterocycles. The maximum absolute atomic E-state index is 11.9. The second kappa shape index (κ2) is 6.98. The average molecular weight is 357 g/mol. The van der Waals surface area contributed by atoms with Crippen LogP contribution >= 0.6 is 0 Å². The number of pyridine rings is 1. The zero-order chi connectivity index (χ0) is 18.0. The van der Waals surface area contributed by atoms with Crippen LogP contribution in [0.3, 0.4) is 0 Å². The molecule has 3 rings (SSSR count). The van der Waals surface area contributed by atoms with E-state index in [2.05, 4.69) is 38.5 Å². The van der Waals surface area contributed by atoms with Crippen molar-refractivity contribution in [1.29, 1.82) is 0 Å². The molecule has 0 radical (unpaired) electrons. The molecule has 132 valence electrons. The van der Waals surface area contributed by atoms with Crippen LogP contribution in [0.25, 0.3) is 16.6 Å². The van der Waals surface area contributed by atoms with Gasteiger partial charge in [0.2, 0.25) is 10.0 Å². The Morgan fingerprint density at radius 3 is 2.48 bits per heavy atom. The minimum atomic E-state index is -3.23. The standard InChI is InChI=1S/C19H23N3O2S/c1-14(2)25(23,24)21-12-15(3)16-4-6-18(7-5-16)22-11-9-17-13-20-10-8-19(17)22/h4-11,13-15,21H,12H2,1-3H3/t15-/m0/s1. The fourth-order valence-corrected chi connectivity index (χ4v) is 3.51. The number of benzene rings is 1. The molecule has 1 N–H and O–H groups in total. The third-order valence-electron chi connectivity index (χ3n) is 4.44. The van der Waals surface area contributed by atoms with Gasteiger partial charge in [-0.2, -0.15) is 0 Å². The molecule has 1 atom stereocenters. The van der Waals surface area contributed by atoms with Gasteiger partial charge in [0, 0.05) is 36.2 Å². The van der Waals surface area contributed by atoms with Crippen molar-refractivity contribution >= 4 is 20.9 Å². The molecule has 0 saturated carbocycles. The summed E-state index contributed by atoms with van der Waals surface area (Å²) < 4.78 is 28.6. The molecule has 0 unspecified atom stereocenters. The molecule has 3 aromatic rings. The van der Waals surface area contributed by atoms with Crippen LogP contribution in [0.1, 0.15) is 32.3 Å². The van der Waals surface area contributed by atoms with Crippen molar-refractivity contribution in [1.82, 2.24) is 14.3 Å². The number of hydrogen-bond acceptors (Lipinski definition) is 3. The van der Waals surface area contributed by atoms with Crippen LogP contribution in [0.2, 0.25) is 0 Å². The van der Waals surface area contributed by atoms with E-state index >= 15 is 0 Å². The summed E-state index contributed by atoms with van der Waals surface area (Å²) in [5.74, 6) is 0.105. The Morgan fingerprint density at radius 2 is 1.80 bits per heavy atom. The van der Waals surface area contributed by atoms with Crippen molar-refractivity contribution in [2.24, 2.45) is 0 Å². The Bertz CT molecular complexity index is 960. The lowest BCUT2D eigenvalue weighted by atomic mass is 10.0. The largest absolute Gasteiger partial charge is 0.316 e. The average Bonchev–Trinajstić information content (AvgIpc) is 3.04. The smallest absolute Gasteiger partial charge is 0.213 e. The van der Waals surface area contributed by atoms with Crippen LogP contribution in [-0.4, -0.2) is 29.8 Å². The van der Waals surface area contributed by atoms with Crippen molar-refractivity contribution in [2.75, 3.05) is 6.54 Å². The molecule has 1 aromatic carbocycles. The predicted octanol–water partition coefficient (Wildman–Crippen LogP) is 3.46. The van der Waals surface area contributed by atoms with E-state index in [9.17, 15) is 8.42 Å². The van der Waals surface area contributed by atoms with Crippen molar-refractivity contribution in [3.05, 3.63) is 60.6 Å². The molecule has 0 fully saturated rings. The van der Waals surface area contributed by atoms with Crippen molar-refractivity contribution in [3.63, 3.8) is 0 Å². The first kappa shape index (κ1) is 17.6. The number of hydrogen-bond donors (Lipinski definition) is 1. The summed E-state index contributed by atoms with van der Waals surface area (Å²) >= 11 is 0. The van der Waals surface area contributed by atoms with Crippen LogP contribution in [-0.2, 0) is 10.0 Å². The van der Waals surface area contributed by atoms with Gasteiger partial charge in [-0.25, -0.2) is 13.1 Å². The minimum absolute atomic E-state index is 0.105. The fourth-order valence-electron chi connectivity index (χ4n) is 2.70. The van der Waals surface area contributed by atoms with E-state index < -0.39 is 15.3 Å². The van der Waals surface area contributed by atoms with Crippen molar-refractivity contribution in [2.45, 2.75) is 31.9 Å². The summed E-state index contributed by atoms with van der Waals surface area (Å²) in [6.07, 6.45) is 5.67. The Kier molecular flexibility index (Phi) is 4.92. The monoisotopic (exact) mass is 357 g/mol. The Labute approximate surface area is 148 Å². The normalized spacial score (nSPS) is 13.4. The first-order valence-electron chi connectivity index (χ1n) is 8.38. The number of rotatable bonds is 6. The molecular weight excluding hydrogens is 334 g/mol. The lowest BCUT2D eigenvalue weighted by Gasteiger charge is -2.16. The van der Waals surface area contributed by atoms with Crippen molar-refractivity contribution in [3.8, 4) is 5.69 Å². The zero-order valence-corrected chi connectivity index (χ0v) is 15.5. The molecule has 6 heteroatoms. The van der Waals surface area contributed by atoms with E-state index in [1.807, 2.05) is 31.5 Å². The first-order chi connectivity index (χ1) is 11.9. The van der Waals surface area contributed by atoms with E-state index in [4.69, 9.17) is 0 Å². The molecular formula is C19H23N3O2S. The summed E-state index contributed by atoms with van der Waals surface area (Å²) in [5, 5.41) is 0.682. The molecule has 0 amide bonds. The van der Waals surface area contributed by atoms with Gasteiger partial charge in [0.25, 0.3) is 0 Å². The van der Waals surface area contributed by atoms with Gasteiger partial charge in [-0.1, -0.05) is 19.1 Å². The van der Waals surface area contributed by atoms with E-state index in [1.54, 1.807) is 20.0 Å². The van der Waals surface area contributed by atoms with Gasteiger partial charge in [-0.3, -0.25) is 4.98 Å². The highest BCUT2D eigenvalue weighted by molar-refractivity contribution is 7.90. The van der Waals surface area contributed by atoms with Gasteiger partial charge in [-0.15, -0.1) is 0 Å². The second-order valence-corrected chi connectivity index (χ2v) is 8.88. The Balaban J connectivity index is 1.76. The lowest BCUT2D eigenvalue weighted by Crippen LogP contribution is -2.33. The molecule has 2 aromatic heterocycles. The molecule has 25 heavy (non-hydrogen) atoms. The van der Waals surface area contributed by atoms with E-state index in [0.717, 1.165) is 22.2 Å². The maximum Gasteiger partial charge on any atom is 0.213 e. The highest BCUT2D eigenvalue weighted by atomic mass is 32.2. The SMILES string of the molecule is CC(C)S(=O)(=O)NC[C@H](C)c1ccc(-n2ccc3cnccc32)cc1. The Morgan fingerprint density at radius 1 is 1.08 bits per heavy atom. The number of sulfonamides is 1. The molecule has 0 aliphatic rings. The summed E-state index contributed by atoms with van der Waals surface area (Å²) in [6.45, 7) is 5.78. The number of nitrogens with zero attached hydrogens (tertiary/aromatic N) is 2. The van der Waals surface area contributed by atoms with Gasteiger partial charge < -0.3 is 4.57 Å². The lowest BCUT2D eigenvalue weighted by molar-refractivity contribution is 0.566. The highest BCUT2D eigenvalue weighted by Crippen LogP contribution is 2.22. The number of fused-ring (bicyclic) bond motifs is 1. The van der Waals surface area contributed by atoms with Gasteiger partial charge >= 0.3 is 0 Å². The molecule has 0 aliphatic carbocycles. The molecule has 0 bridgehead atoms.